The Morgan fingerprint density at radius 3 is 2.40 bits per heavy atom. The van der Waals surface area contributed by atoms with Gasteiger partial charge in [0, 0.05) is 16.7 Å². The molecule has 0 aliphatic heterocycles. The van der Waals surface area contributed by atoms with E-state index in [4.69, 9.17) is 28.9 Å². The van der Waals surface area contributed by atoms with Gasteiger partial charge < -0.3 is 5.73 Å². The van der Waals surface area contributed by atoms with E-state index in [0.29, 0.717) is 21.6 Å². The van der Waals surface area contributed by atoms with Crippen molar-refractivity contribution in [2.24, 2.45) is 0 Å². The number of rotatable bonds is 2. The molecule has 3 rings (SSSR count). The van der Waals surface area contributed by atoms with E-state index in [1.807, 2.05) is 36.4 Å². The summed E-state index contributed by atoms with van der Waals surface area (Å²) in [4.78, 5) is 0. The third-order valence-corrected chi connectivity index (χ3v) is 3.49. The highest BCUT2D eigenvalue weighted by molar-refractivity contribution is 6.36. The van der Waals surface area contributed by atoms with E-state index in [9.17, 15) is 0 Å². The van der Waals surface area contributed by atoms with Crippen LogP contribution in [0.1, 0.15) is 0 Å². The minimum absolute atomic E-state index is 0.551. The summed E-state index contributed by atoms with van der Waals surface area (Å²) in [5, 5.41) is 5.65. The number of hydrogen-bond donors (Lipinski definition) is 1. The fourth-order valence-electron chi connectivity index (χ4n) is 2.00. The van der Waals surface area contributed by atoms with Crippen LogP contribution in [0.15, 0.2) is 54.6 Å². The molecule has 1 aromatic heterocycles. The molecule has 0 aliphatic rings. The summed E-state index contributed by atoms with van der Waals surface area (Å²) >= 11 is 12.1. The number of aromatic nitrogens is 2. The van der Waals surface area contributed by atoms with Crippen molar-refractivity contribution in [3.05, 3.63) is 64.6 Å². The molecule has 5 heteroatoms. The van der Waals surface area contributed by atoms with Crippen molar-refractivity contribution >= 4 is 29.0 Å². The first-order chi connectivity index (χ1) is 9.65. The van der Waals surface area contributed by atoms with Crippen LogP contribution in [-0.4, -0.2) is 9.78 Å². The van der Waals surface area contributed by atoms with Crippen LogP contribution in [0.4, 0.5) is 5.82 Å². The number of para-hydroxylation sites is 1. The topological polar surface area (TPSA) is 43.8 Å². The summed E-state index contributed by atoms with van der Waals surface area (Å²) < 4.78 is 1.68. The lowest BCUT2D eigenvalue weighted by atomic mass is 10.1. The Balaban J connectivity index is 2.09. The third kappa shape index (κ3) is 2.38. The Morgan fingerprint density at radius 2 is 1.70 bits per heavy atom. The predicted molar refractivity (Wildman–Crippen MR) is 83.4 cm³/mol. The van der Waals surface area contributed by atoms with Gasteiger partial charge in [0.25, 0.3) is 0 Å². The summed E-state index contributed by atoms with van der Waals surface area (Å²) in [5.74, 6) is 0.553. The number of nitrogens with zero attached hydrogens (tertiary/aromatic N) is 2. The third-order valence-electron chi connectivity index (χ3n) is 2.94. The van der Waals surface area contributed by atoms with Gasteiger partial charge in [0.05, 0.1) is 16.4 Å². The van der Waals surface area contributed by atoms with Crippen LogP contribution in [0.3, 0.4) is 0 Å². The predicted octanol–water partition coefficient (Wildman–Crippen LogP) is 4.43. The average Bonchev–Trinajstić information content (AvgIpc) is 2.81. The van der Waals surface area contributed by atoms with Crippen LogP contribution in [0.25, 0.3) is 16.9 Å². The number of benzene rings is 2. The van der Waals surface area contributed by atoms with Crippen molar-refractivity contribution in [2.75, 3.05) is 5.73 Å². The van der Waals surface area contributed by atoms with E-state index in [-0.39, 0.29) is 0 Å². The van der Waals surface area contributed by atoms with Gasteiger partial charge >= 0.3 is 0 Å². The number of nitrogens with two attached hydrogens (primary N) is 1. The molecule has 100 valence electrons. The molecule has 3 aromatic rings. The van der Waals surface area contributed by atoms with Gasteiger partial charge in [-0.2, -0.15) is 5.10 Å². The first-order valence-electron chi connectivity index (χ1n) is 6.01. The molecule has 0 unspecified atom stereocenters. The van der Waals surface area contributed by atoms with Gasteiger partial charge in [0.1, 0.15) is 5.82 Å². The second kappa shape index (κ2) is 5.19. The van der Waals surface area contributed by atoms with E-state index in [0.717, 1.165) is 11.3 Å². The van der Waals surface area contributed by atoms with Crippen molar-refractivity contribution in [1.29, 1.82) is 0 Å². The monoisotopic (exact) mass is 303 g/mol. The average molecular weight is 304 g/mol. The van der Waals surface area contributed by atoms with Gasteiger partial charge in [0.2, 0.25) is 0 Å². The zero-order valence-electron chi connectivity index (χ0n) is 10.4. The molecule has 0 saturated carbocycles. The van der Waals surface area contributed by atoms with E-state index < -0.39 is 0 Å². The highest BCUT2D eigenvalue weighted by Crippen LogP contribution is 2.31. The Bertz CT molecular complexity index is 751. The van der Waals surface area contributed by atoms with E-state index >= 15 is 0 Å². The van der Waals surface area contributed by atoms with Crippen LogP contribution in [0.2, 0.25) is 10.0 Å². The minimum atomic E-state index is 0.551. The van der Waals surface area contributed by atoms with Gasteiger partial charge in [-0.05, 0) is 30.3 Å². The van der Waals surface area contributed by atoms with Crippen molar-refractivity contribution in [1.82, 2.24) is 9.78 Å². The van der Waals surface area contributed by atoms with Crippen LogP contribution in [0, 0.1) is 0 Å². The van der Waals surface area contributed by atoms with Crippen LogP contribution in [0.5, 0.6) is 0 Å². The zero-order chi connectivity index (χ0) is 14.1. The molecule has 0 bridgehead atoms. The minimum Gasteiger partial charge on any atom is -0.384 e. The van der Waals surface area contributed by atoms with Crippen LogP contribution >= 0.6 is 23.2 Å². The molecule has 0 saturated heterocycles. The quantitative estimate of drug-likeness (QED) is 0.761. The molecule has 3 nitrogen and oxygen atoms in total. The Morgan fingerprint density at radius 1 is 0.950 bits per heavy atom. The summed E-state index contributed by atoms with van der Waals surface area (Å²) in [6, 6.07) is 16.8. The zero-order valence-corrected chi connectivity index (χ0v) is 11.9. The summed E-state index contributed by atoms with van der Waals surface area (Å²) in [6.45, 7) is 0. The first-order valence-corrected chi connectivity index (χ1v) is 6.77. The molecule has 0 spiro atoms. The van der Waals surface area contributed by atoms with Gasteiger partial charge in [-0.25, -0.2) is 4.68 Å². The van der Waals surface area contributed by atoms with E-state index in [2.05, 4.69) is 5.10 Å². The molecule has 0 aliphatic carbocycles. The van der Waals surface area contributed by atoms with Gasteiger partial charge in [0.15, 0.2) is 0 Å². The Labute approximate surface area is 126 Å². The smallest absolute Gasteiger partial charge is 0.127 e. The lowest BCUT2D eigenvalue weighted by Crippen LogP contribution is -2.01. The van der Waals surface area contributed by atoms with Crippen molar-refractivity contribution in [2.45, 2.75) is 0 Å². The number of halogens is 2. The fourth-order valence-corrected chi connectivity index (χ4v) is 2.51. The summed E-state index contributed by atoms with van der Waals surface area (Å²) in [5.41, 5.74) is 8.44. The molecular formula is C15H11Cl2N3. The highest BCUT2D eigenvalue weighted by Gasteiger charge is 2.11. The van der Waals surface area contributed by atoms with Crippen LogP contribution in [-0.2, 0) is 0 Å². The first kappa shape index (κ1) is 13.0. The van der Waals surface area contributed by atoms with E-state index in [1.165, 1.54) is 0 Å². The summed E-state index contributed by atoms with van der Waals surface area (Å²) in [6.07, 6.45) is 0. The molecule has 0 fully saturated rings. The van der Waals surface area contributed by atoms with Crippen molar-refractivity contribution in [3.63, 3.8) is 0 Å². The van der Waals surface area contributed by atoms with Crippen LogP contribution < -0.4 is 5.73 Å². The second-order valence-electron chi connectivity index (χ2n) is 4.33. The van der Waals surface area contributed by atoms with Gasteiger partial charge in [-0.15, -0.1) is 0 Å². The normalized spacial score (nSPS) is 10.7. The van der Waals surface area contributed by atoms with E-state index in [1.54, 1.807) is 22.9 Å². The molecule has 2 N–H and O–H groups in total. The largest absolute Gasteiger partial charge is 0.384 e. The number of anilines is 1. The lowest BCUT2D eigenvalue weighted by molar-refractivity contribution is 0.895. The van der Waals surface area contributed by atoms with Crippen molar-refractivity contribution in [3.8, 4) is 16.9 Å². The molecule has 0 atom stereocenters. The SMILES string of the molecule is Nc1cc(-c2ccc(Cl)cc2Cl)nn1-c1ccccc1. The second-order valence-corrected chi connectivity index (χ2v) is 5.17. The fraction of sp³-hybridized carbons (Fsp3) is 0. The lowest BCUT2D eigenvalue weighted by Gasteiger charge is -2.03. The Hall–Kier alpha value is -1.97. The maximum absolute atomic E-state index is 6.20. The molecule has 1 heterocycles. The maximum atomic E-state index is 6.20. The Kier molecular flexibility index (Phi) is 3.38. The van der Waals surface area contributed by atoms with Crippen molar-refractivity contribution < 1.29 is 0 Å². The standard InChI is InChI=1S/C15H11Cl2N3/c16-10-6-7-12(13(17)8-10)14-9-15(18)20(19-14)11-4-2-1-3-5-11/h1-9H,18H2. The van der Waals surface area contributed by atoms with Gasteiger partial charge in [-0.3, -0.25) is 0 Å². The maximum Gasteiger partial charge on any atom is 0.127 e. The molecular weight excluding hydrogens is 293 g/mol. The van der Waals surface area contributed by atoms with Gasteiger partial charge in [-0.1, -0.05) is 41.4 Å². The molecule has 20 heavy (non-hydrogen) atoms. The number of hydrogen-bond acceptors (Lipinski definition) is 2. The number of nitrogen functional groups attached to an aromatic ring is 1. The molecule has 0 radical (unpaired) electrons. The molecule has 0 amide bonds. The summed E-state index contributed by atoms with van der Waals surface area (Å²) in [7, 11) is 0. The molecule has 2 aromatic carbocycles. The highest BCUT2D eigenvalue weighted by atomic mass is 35.5.